The molecule has 1 aromatic heterocycles. The van der Waals surface area contributed by atoms with Crippen molar-refractivity contribution in [3.8, 4) is 11.5 Å². The van der Waals surface area contributed by atoms with Crippen molar-refractivity contribution in [2.45, 2.75) is 6.04 Å². The van der Waals surface area contributed by atoms with E-state index in [-0.39, 0.29) is 22.2 Å². The highest BCUT2D eigenvalue weighted by atomic mass is 32.1. The number of methoxy groups -OCH3 is 1. The van der Waals surface area contributed by atoms with Crippen molar-refractivity contribution in [1.29, 1.82) is 0 Å². The fraction of sp³-hybridized carbons (Fsp3) is 0.0800. The van der Waals surface area contributed by atoms with Crippen LogP contribution in [-0.2, 0) is 9.59 Å². The molecule has 1 unspecified atom stereocenters. The number of anilines is 1. The SMILES string of the molecule is COc1cccc(C(O)=C2C(=O)C(=O)N(c3nc4ccc(F)cc4s3)C2c2ccc(O)cc2)c1. The first-order chi connectivity index (χ1) is 16.4. The van der Waals surface area contributed by atoms with Crippen molar-refractivity contribution in [1.82, 2.24) is 4.98 Å². The Bertz CT molecular complexity index is 1480. The number of thiazole rings is 1. The maximum atomic E-state index is 13.7. The first-order valence-electron chi connectivity index (χ1n) is 10.2. The third-order valence-electron chi connectivity index (χ3n) is 5.54. The predicted octanol–water partition coefficient (Wildman–Crippen LogP) is 4.78. The van der Waals surface area contributed by atoms with E-state index in [1.807, 2.05) is 0 Å². The van der Waals surface area contributed by atoms with Crippen LogP contribution in [0.3, 0.4) is 0 Å². The van der Waals surface area contributed by atoms with Gasteiger partial charge in [-0.1, -0.05) is 35.6 Å². The van der Waals surface area contributed by atoms with E-state index in [0.717, 1.165) is 11.3 Å². The minimum atomic E-state index is -1.02. The smallest absolute Gasteiger partial charge is 0.301 e. The number of nitrogens with zero attached hydrogens (tertiary/aromatic N) is 2. The maximum absolute atomic E-state index is 13.7. The van der Waals surface area contributed by atoms with Crippen LogP contribution in [0.5, 0.6) is 11.5 Å². The summed E-state index contributed by atoms with van der Waals surface area (Å²) in [6, 6.07) is 15.5. The molecular weight excluding hydrogens is 459 g/mol. The minimum absolute atomic E-state index is 0.00367. The third-order valence-corrected chi connectivity index (χ3v) is 6.56. The summed E-state index contributed by atoms with van der Waals surface area (Å²) >= 11 is 1.06. The molecule has 0 radical (unpaired) electrons. The number of benzene rings is 3. The molecule has 2 heterocycles. The number of halogens is 1. The normalized spacial score (nSPS) is 17.5. The van der Waals surface area contributed by atoms with E-state index in [1.165, 1.54) is 42.3 Å². The summed E-state index contributed by atoms with van der Waals surface area (Å²) in [5.41, 5.74) is 1.12. The fourth-order valence-electron chi connectivity index (χ4n) is 3.92. The second-order valence-corrected chi connectivity index (χ2v) is 8.61. The number of phenolic OH excluding ortho intramolecular Hbond substituents is 1. The summed E-state index contributed by atoms with van der Waals surface area (Å²) < 4.78 is 19.4. The van der Waals surface area contributed by atoms with Crippen molar-refractivity contribution in [3.63, 3.8) is 0 Å². The monoisotopic (exact) mass is 476 g/mol. The number of aliphatic hydroxyl groups excluding tert-OH is 1. The molecule has 1 fully saturated rings. The quantitative estimate of drug-likeness (QED) is 0.250. The number of aromatic hydroxyl groups is 1. The number of ketones is 1. The Morgan fingerprint density at radius 1 is 1.09 bits per heavy atom. The lowest BCUT2D eigenvalue weighted by atomic mass is 9.95. The Hall–Kier alpha value is -4.24. The van der Waals surface area contributed by atoms with Crippen LogP contribution in [0.2, 0.25) is 0 Å². The number of fused-ring (bicyclic) bond motifs is 1. The zero-order valence-electron chi connectivity index (χ0n) is 17.7. The summed E-state index contributed by atoms with van der Waals surface area (Å²) in [7, 11) is 1.48. The van der Waals surface area contributed by atoms with Crippen LogP contribution in [0.4, 0.5) is 9.52 Å². The number of Topliss-reactive ketones (excluding diaryl/α,β-unsaturated/α-hetero) is 1. The second kappa shape index (κ2) is 8.27. The van der Waals surface area contributed by atoms with E-state index in [2.05, 4.69) is 4.98 Å². The van der Waals surface area contributed by atoms with Crippen LogP contribution in [0.15, 0.2) is 72.3 Å². The Labute approximate surface area is 197 Å². The Balaban J connectivity index is 1.73. The van der Waals surface area contributed by atoms with Crippen molar-refractivity contribution in [3.05, 3.63) is 89.2 Å². The zero-order chi connectivity index (χ0) is 24.0. The molecule has 0 aliphatic carbocycles. The van der Waals surface area contributed by atoms with Gasteiger partial charge >= 0.3 is 5.91 Å². The lowest BCUT2D eigenvalue weighted by Crippen LogP contribution is -2.29. The highest BCUT2D eigenvalue weighted by Gasteiger charge is 2.48. The molecule has 1 saturated heterocycles. The largest absolute Gasteiger partial charge is 0.508 e. The van der Waals surface area contributed by atoms with Crippen LogP contribution in [0.25, 0.3) is 16.0 Å². The van der Waals surface area contributed by atoms with Gasteiger partial charge in [-0.15, -0.1) is 0 Å². The van der Waals surface area contributed by atoms with Gasteiger partial charge in [-0.3, -0.25) is 14.5 Å². The number of hydrogen-bond acceptors (Lipinski definition) is 7. The van der Waals surface area contributed by atoms with Gasteiger partial charge in [-0.2, -0.15) is 0 Å². The highest BCUT2D eigenvalue weighted by Crippen LogP contribution is 2.44. The van der Waals surface area contributed by atoms with E-state index < -0.39 is 23.5 Å². The van der Waals surface area contributed by atoms with Crippen molar-refractivity contribution < 1.29 is 28.9 Å². The molecule has 5 rings (SSSR count). The van der Waals surface area contributed by atoms with Gasteiger partial charge in [0.05, 0.1) is 28.9 Å². The Morgan fingerprint density at radius 3 is 2.59 bits per heavy atom. The molecule has 3 aromatic carbocycles. The number of carbonyl (C=O) groups is 2. The van der Waals surface area contributed by atoms with Crippen molar-refractivity contribution in [2.24, 2.45) is 0 Å². The van der Waals surface area contributed by atoms with Crippen LogP contribution >= 0.6 is 11.3 Å². The first kappa shape index (κ1) is 21.6. The van der Waals surface area contributed by atoms with Crippen LogP contribution in [0.1, 0.15) is 17.2 Å². The minimum Gasteiger partial charge on any atom is -0.508 e. The number of carbonyl (C=O) groups excluding carboxylic acids is 2. The first-order valence-corrected chi connectivity index (χ1v) is 11.0. The topological polar surface area (TPSA) is 100.0 Å². The van der Waals surface area contributed by atoms with Gasteiger partial charge in [0.15, 0.2) is 5.13 Å². The van der Waals surface area contributed by atoms with E-state index in [0.29, 0.717) is 27.1 Å². The van der Waals surface area contributed by atoms with E-state index in [9.17, 15) is 24.2 Å². The predicted molar refractivity (Wildman–Crippen MR) is 125 cm³/mol. The standard InChI is InChI=1S/C25H17FN2O5S/c1-33-17-4-2-3-14(11-17)22(30)20-21(13-5-8-16(29)9-6-13)28(24(32)23(20)31)25-27-18-10-7-15(26)12-19(18)34-25/h2-12,21,29-30H,1H3. The molecule has 1 aliphatic rings. The van der Waals surface area contributed by atoms with E-state index in [4.69, 9.17) is 4.74 Å². The number of phenols is 1. The number of aromatic nitrogens is 1. The maximum Gasteiger partial charge on any atom is 0.301 e. The Morgan fingerprint density at radius 2 is 1.85 bits per heavy atom. The molecule has 0 spiro atoms. The Kier molecular flexibility index (Phi) is 5.25. The van der Waals surface area contributed by atoms with Crippen molar-refractivity contribution in [2.75, 3.05) is 12.0 Å². The van der Waals surface area contributed by atoms with Gasteiger partial charge < -0.3 is 14.9 Å². The van der Waals surface area contributed by atoms with Crippen LogP contribution < -0.4 is 9.64 Å². The molecule has 170 valence electrons. The summed E-state index contributed by atoms with van der Waals surface area (Å²) in [5.74, 6) is -2.11. The molecule has 9 heteroatoms. The molecule has 0 bridgehead atoms. The molecule has 2 N–H and O–H groups in total. The molecule has 4 aromatic rings. The lowest BCUT2D eigenvalue weighted by Gasteiger charge is -2.23. The number of hydrogen-bond donors (Lipinski definition) is 2. The summed E-state index contributed by atoms with van der Waals surface area (Å²) in [6.07, 6.45) is 0. The van der Waals surface area contributed by atoms with Gasteiger partial charge in [0.2, 0.25) is 0 Å². The number of amides is 1. The average Bonchev–Trinajstić information content (AvgIpc) is 3.37. The van der Waals surface area contributed by atoms with E-state index in [1.54, 1.807) is 36.4 Å². The highest BCUT2D eigenvalue weighted by molar-refractivity contribution is 7.22. The number of aliphatic hydroxyl groups is 1. The second-order valence-electron chi connectivity index (χ2n) is 7.60. The third kappa shape index (κ3) is 3.56. The summed E-state index contributed by atoms with van der Waals surface area (Å²) in [4.78, 5) is 32.1. The molecular formula is C25H17FN2O5S. The number of rotatable bonds is 4. The zero-order valence-corrected chi connectivity index (χ0v) is 18.5. The molecule has 0 saturated carbocycles. The van der Waals surface area contributed by atoms with Gasteiger partial charge in [0.25, 0.3) is 5.78 Å². The van der Waals surface area contributed by atoms with Gasteiger partial charge in [-0.05, 0) is 48.0 Å². The average molecular weight is 476 g/mol. The number of ether oxygens (including phenoxy) is 1. The van der Waals surface area contributed by atoms with Gasteiger partial charge in [0.1, 0.15) is 23.1 Å². The molecule has 1 atom stereocenters. The van der Waals surface area contributed by atoms with Crippen molar-refractivity contribution >= 4 is 44.1 Å². The summed E-state index contributed by atoms with van der Waals surface area (Å²) in [6.45, 7) is 0. The molecule has 34 heavy (non-hydrogen) atoms. The van der Waals surface area contributed by atoms with Gasteiger partial charge in [-0.25, -0.2) is 9.37 Å². The van der Waals surface area contributed by atoms with E-state index >= 15 is 0 Å². The fourth-order valence-corrected chi connectivity index (χ4v) is 4.93. The van der Waals surface area contributed by atoms with Crippen LogP contribution in [-0.4, -0.2) is 34.0 Å². The lowest BCUT2D eigenvalue weighted by molar-refractivity contribution is -0.132. The molecule has 1 amide bonds. The summed E-state index contributed by atoms with van der Waals surface area (Å²) in [5, 5.41) is 21.1. The van der Waals surface area contributed by atoms with Crippen LogP contribution in [0, 0.1) is 5.82 Å². The molecule has 1 aliphatic heterocycles. The molecule has 7 nitrogen and oxygen atoms in total. The van der Waals surface area contributed by atoms with Gasteiger partial charge in [0, 0.05) is 5.56 Å².